The first-order chi connectivity index (χ1) is 7.01. The van der Waals surface area contributed by atoms with Gasteiger partial charge in [-0.1, -0.05) is 6.92 Å². The summed E-state index contributed by atoms with van der Waals surface area (Å²) < 4.78 is 1.97. The first-order valence-corrected chi connectivity index (χ1v) is 5.41. The lowest BCUT2D eigenvalue weighted by Crippen LogP contribution is -2.40. The Hall–Kier alpha value is -0.870. The zero-order valence-corrected chi connectivity index (χ0v) is 9.64. The predicted octanol–water partition coefficient (Wildman–Crippen LogP) is 0.967. The molecule has 4 nitrogen and oxygen atoms in total. The van der Waals surface area contributed by atoms with Crippen molar-refractivity contribution in [2.24, 2.45) is 0 Å². The Morgan fingerprint density at radius 3 is 2.73 bits per heavy atom. The van der Waals surface area contributed by atoms with Crippen LogP contribution in [0.2, 0.25) is 0 Å². The van der Waals surface area contributed by atoms with Gasteiger partial charge in [-0.05, 0) is 20.3 Å². The maximum atomic E-state index is 9.87. The van der Waals surface area contributed by atoms with Crippen LogP contribution in [0.5, 0.6) is 0 Å². The molecule has 2 atom stereocenters. The van der Waals surface area contributed by atoms with Crippen molar-refractivity contribution in [3.63, 3.8) is 0 Å². The third-order valence-electron chi connectivity index (χ3n) is 2.95. The van der Waals surface area contributed by atoms with Crippen LogP contribution in [0.25, 0.3) is 0 Å². The van der Waals surface area contributed by atoms with Crippen molar-refractivity contribution >= 4 is 0 Å². The van der Waals surface area contributed by atoms with Crippen LogP contribution in [-0.4, -0.2) is 31.5 Å². The number of hydrogen-bond donors (Lipinski definition) is 2. The molecule has 4 heteroatoms. The van der Waals surface area contributed by atoms with Gasteiger partial charge in [-0.2, -0.15) is 0 Å². The standard InChI is InChI=1S/C11H20N2O2/c1-4-11(3,15)9(14)8-10-12-6-7-13(10)5-2/h6-7,9,14-15H,4-5,8H2,1-3H3. The summed E-state index contributed by atoms with van der Waals surface area (Å²) in [5.74, 6) is 0.818. The number of imidazole rings is 1. The predicted molar refractivity (Wildman–Crippen MR) is 58.5 cm³/mol. The molecule has 0 radical (unpaired) electrons. The van der Waals surface area contributed by atoms with E-state index >= 15 is 0 Å². The van der Waals surface area contributed by atoms with Crippen LogP contribution in [-0.2, 0) is 13.0 Å². The molecule has 86 valence electrons. The minimum atomic E-state index is -1.04. The fraction of sp³-hybridized carbons (Fsp3) is 0.727. The molecule has 0 amide bonds. The minimum Gasteiger partial charge on any atom is -0.390 e. The summed E-state index contributed by atoms with van der Waals surface area (Å²) in [5, 5.41) is 19.7. The van der Waals surface area contributed by atoms with Gasteiger partial charge in [-0.3, -0.25) is 0 Å². The van der Waals surface area contributed by atoms with Crippen LogP contribution in [0.1, 0.15) is 33.0 Å². The lowest BCUT2D eigenvalue weighted by Gasteiger charge is -2.27. The number of aryl methyl sites for hydroxylation is 1. The first kappa shape index (κ1) is 12.2. The number of hydrogen-bond acceptors (Lipinski definition) is 3. The van der Waals surface area contributed by atoms with E-state index in [2.05, 4.69) is 4.98 Å². The van der Waals surface area contributed by atoms with Crippen molar-refractivity contribution in [1.29, 1.82) is 0 Å². The molecule has 1 aromatic rings. The average Bonchev–Trinajstić information content (AvgIpc) is 2.65. The molecular weight excluding hydrogens is 192 g/mol. The summed E-state index contributed by atoms with van der Waals surface area (Å²) in [5.41, 5.74) is -1.04. The summed E-state index contributed by atoms with van der Waals surface area (Å²) in [4.78, 5) is 4.17. The Morgan fingerprint density at radius 1 is 1.53 bits per heavy atom. The van der Waals surface area contributed by atoms with E-state index in [-0.39, 0.29) is 0 Å². The Bertz CT molecular complexity index is 307. The second-order valence-corrected chi connectivity index (χ2v) is 4.06. The monoisotopic (exact) mass is 212 g/mol. The Balaban J connectivity index is 2.70. The minimum absolute atomic E-state index is 0.391. The van der Waals surface area contributed by atoms with Gasteiger partial charge < -0.3 is 14.8 Å². The van der Waals surface area contributed by atoms with E-state index in [4.69, 9.17) is 0 Å². The molecule has 0 aliphatic rings. The highest BCUT2D eigenvalue weighted by atomic mass is 16.3. The highest BCUT2D eigenvalue weighted by molar-refractivity contribution is 4.97. The van der Waals surface area contributed by atoms with Gasteiger partial charge in [0.2, 0.25) is 0 Å². The summed E-state index contributed by atoms with van der Waals surface area (Å²) >= 11 is 0. The molecule has 0 aliphatic carbocycles. The van der Waals surface area contributed by atoms with E-state index in [1.54, 1.807) is 13.1 Å². The molecule has 1 aromatic heterocycles. The van der Waals surface area contributed by atoms with Gasteiger partial charge in [-0.15, -0.1) is 0 Å². The van der Waals surface area contributed by atoms with Gasteiger partial charge in [0.1, 0.15) is 5.82 Å². The Morgan fingerprint density at radius 2 is 2.20 bits per heavy atom. The third-order valence-corrected chi connectivity index (χ3v) is 2.95. The number of aliphatic hydroxyl groups is 2. The summed E-state index contributed by atoms with van der Waals surface area (Å²) in [6.07, 6.45) is 3.74. The number of aliphatic hydroxyl groups excluding tert-OH is 1. The van der Waals surface area contributed by atoms with Crippen LogP contribution < -0.4 is 0 Å². The molecule has 2 unspecified atom stereocenters. The van der Waals surface area contributed by atoms with E-state index in [0.717, 1.165) is 12.4 Å². The lowest BCUT2D eigenvalue weighted by atomic mass is 9.93. The summed E-state index contributed by atoms with van der Waals surface area (Å²) in [6.45, 7) is 6.36. The van der Waals surface area contributed by atoms with Gasteiger partial charge in [0.25, 0.3) is 0 Å². The molecule has 15 heavy (non-hydrogen) atoms. The highest BCUT2D eigenvalue weighted by Crippen LogP contribution is 2.17. The van der Waals surface area contributed by atoms with E-state index in [9.17, 15) is 10.2 Å². The zero-order valence-electron chi connectivity index (χ0n) is 9.64. The van der Waals surface area contributed by atoms with Crippen LogP contribution >= 0.6 is 0 Å². The van der Waals surface area contributed by atoms with E-state index in [0.29, 0.717) is 12.8 Å². The van der Waals surface area contributed by atoms with Crippen molar-refractivity contribution in [3.05, 3.63) is 18.2 Å². The van der Waals surface area contributed by atoms with E-state index < -0.39 is 11.7 Å². The van der Waals surface area contributed by atoms with Crippen LogP contribution in [0, 0.1) is 0 Å². The smallest absolute Gasteiger partial charge is 0.111 e. The van der Waals surface area contributed by atoms with Gasteiger partial charge in [0.05, 0.1) is 11.7 Å². The third kappa shape index (κ3) is 2.79. The van der Waals surface area contributed by atoms with Crippen LogP contribution in [0.15, 0.2) is 12.4 Å². The molecule has 2 N–H and O–H groups in total. The second-order valence-electron chi connectivity index (χ2n) is 4.06. The van der Waals surface area contributed by atoms with E-state index in [1.165, 1.54) is 0 Å². The molecule has 0 spiro atoms. The summed E-state index contributed by atoms with van der Waals surface area (Å²) in [6, 6.07) is 0. The molecule has 0 fully saturated rings. The molecule has 1 rings (SSSR count). The molecule has 0 saturated carbocycles. The van der Waals surface area contributed by atoms with Crippen molar-refractivity contribution in [2.75, 3.05) is 0 Å². The maximum absolute atomic E-state index is 9.87. The first-order valence-electron chi connectivity index (χ1n) is 5.41. The number of nitrogens with zero attached hydrogens (tertiary/aromatic N) is 2. The van der Waals surface area contributed by atoms with Crippen molar-refractivity contribution in [1.82, 2.24) is 9.55 Å². The largest absolute Gasteiger partial charge is 0.390 e. The van der Waals surface area contributed by atoms with Crippen molar-refractivity contribution in [2.45, 2.75) is 51.9 Å². The fourth-order valence-corrected chi connectivity index (χ4v) is 1.45. The van der Waals surface area contributed by atoms with Gasteiger partial charge in [-0.25, -0.2) is 4.98 Å². The Kier molecular flexibility index (Phi) is 3.88. The van der Waals surface area contributed by atoms with Crippen molar-refractivity contribution in [3.8, 4) is 0 Å². The quantitative estimate of drug-likeness (QED) is 0.764. The maximum Gasteiger partial charge on any atom is 0.111 e. The molecule has 0 aromatic carbocycles. The van der Waals surface area contributed by atoms with Crippen molar-refractivity contribution < 1.29 is 10.2 Å². The highest BCUT2D eigenvalue weighted by Gasteiger charge is 2.29. The van der Waals surface area contributed by atoms with Gasteiger partial charge >= 0.3 is 0 Å². The topological polar surface area (TPSA) is 58.3 Å². The molecule has 0 aliphatic heterocycles. The number of rotatable bonds is 5. The number of aromatic nitrogens is 2. The molecule has 0 bridgehead atoms. The molecular formula is C11H20N2O2. The molecule has 0 saturated heterocycles. The van der Waals surface area contributed by atoms with Gasteiger partial charge in [0, 0.05) is 25.4 Å². The van der Waals surface area contributed by atoms with Crippen LogP contribution in [0.4, 0.5) is 0 Å². The zero-order chi connectivity index (χ0) is 11.5. The normalized spacial score (nSPS) is 17.4. The SMILES string of the molecule is CCn1ccnc1CC(O)C(C)(O)CC. The van der Waals surface area contributed by atoms with Gasteiger partial charge in [0.15, 0.2) is 0 Å². The Labute approximate surface area is 90.6 Å². The second kappa shape index (κ2) is 4.77. The molecule has 1 heterocycles. The van der Waals surface area contributed by atoms with Crippen LogP contribution in [0.3, 0.4) is 0 Å². The fourth-order valence-electron chi connectivity index (χ4n) is 1.45. The lowest BCUT2D eigenvalue weighted by molar-refractivity contribution is -0.0640. The van der Waals surface area contributed by atoms with E-state index in [1.807, 2.05) is 24.6 Å². The summed E-state index contributed by atoms with van der Waals surface area (Å²) in [7, 11) is 0. The average molecular weight is 212 g/mol.